The molecule has 0 aliphatic carbocycles. The fourth-order valence-electron chi connectivity index (χ4n) is 0.954. The Kier molecular flexibility index (Phi) is 3.61. The molecule has 1 aromatic rings. The standard InChI is InChI=1S/C9H14N2O4S/c1-11(2)16(13,14)10-8-6-7(15-3)4-5-9(8)12/h4-6,10,12H,1-3H3. The quantitative estimate of drug-likeness (QED) is 0.763. The Morgan fingerprint density at radius 1 is 1.38 bits per heavy atom. The van der Waals surface area contributed by atoms with Crippen molar-refractivity contribution < 1.29 is 18.3 Å². The lowest BCUT2D eigenvalue weighted by molar-refractivity contribution is 0.413. The highest BCUT2D eigenvalue weighted by atomic mass is 32.2. The number of phenolic OH excluding ortho intramolecular Hbond substituents is 1. The van der Waals surface area contributed by atoms with Gasteiger partial charge in [0.1, 0.15) is 11.5 Å². The molecule has 0 heterocycles. The van der Waals surface area contributed by atoms with Crippen molar-refractivity contribution in [2.75, 3.05) is 25.9 Å². The Hall–Kier alpha value is -1.47. The predicted octanol–water partition coefficient (Wildman–Crippen LogP) is 0.619. The fraction of sp³-hybridized carbons (Fsp3) is 0.333. The second-order valence-corrected chi connectivity index (χ2v) is 5.16. The number of nitrogens with zero attached hydrogens (tertiary/aromatic N) is 1. The molecule has 6 nitrogen and oxygen atoms in total. The third-order valence-electron chi connectivity index (χ3n) is 1.92. The number of ether oxygens (including phenoxy) is 1. The largest absolute Gasteiger partial charge is 0.506 e. The Labute approximate surface area is 94.6 Å². The number of hydrogen-bond donors (Lipinski definition) is 2. The SMILES string of the molecule is COc1ccc(O)c(NS(=O)(=O)N(C)C)c1. The zero-order chi connectivity index (χ0) is 12.3. The molecule has 1 rings (SSSR count). The summed E-state index contributed by atoms with van der Waals surface area (Å²) in [6.07, 6.45) is 0. The molecular weight excluding hydrogens is 232 g/mol. The summed E-state index contributed by atoms with van der Waals surface area (Å²) in [5.74, 6) is 0.292. The molecule has 16 heavy (non-hydrogen) atoms. The van der Waals surface area contributed by atoms with Gasteiger partial charge in [-0.15, -0.1) is 0 Å². The fourth-order valence-corrected chi connectivity index (χ4v) is 1.58. The van der Waals surface area contributed by atoms with Crippen LogP contribution in [0, 0.1) is 0 Å². The van der Waals surface area contributed by atoms with Crippen LogP contribution in [0.5, 0.6) is 11.5 Å². The minimum atomic E-state index is -3.63. The molecule has 90 valence electrons. The van der Waals surface area contributed by atoms with Gasteiger partial charge >= 0.3 is 10.2 Å². The summed E-state index contributed by atoms with van der Waals surface area (Å²) in [5, 5.41) is 9.47. The second kappa shape index (κ2) is 4.58. The molecule has 0 bridgehead atoms. The first-order valence-electron chi connectivity index (χ1n) is 4.44. The maximum absolute atomic E-state index is 11.5. The van der Waals surface area contributed by atoms with Gasteiger partial charge in [-0.2, -0.15) is 12.7 Å². The third-order valence-corrected chi connectivity index (χ3v) is 3.36. The first kappa shape index (κ1) is 12.6. The van der Waals surface area contributed by atoms with Crippen molar-refractivity contribution in [2.45, 2.75) is 0 Å². The summed E-state index contributed by atoms with van der Waals surface area (Å²) in [5.41, 5.74) is 0.0769. The van der Waals surface area contributed by atoms with Crippen LogP contribution in [-0.4, -0.2) is 39.0 Å². The van der Waals surface area contributed by atoms with Crippen LogP contribution >= 0.6 is 0 Å². The van der Waals surface area contributed by atoms with Crippen LogP contribution in [0.2, 0.25) is 0 Å². The molecule has 0 spiro atoms. The van der Waals surface area contributed by atoms with E-state index in [0.717, 1.165) is 4.31 Å². The van der Waals surface area contributed by atoms with Gasteiger partial charge in [0, 0.05) is 20.2 Å². The average molecular weight is 246 g/mol. The van der Waals surface area contributed by atoms with Gasteiger partial charge in [0.15, 0.2) is 0 Å². The molecule has 0 amide bonds. The molecule has 2 N–H and O–H groups in total. The monoisotopic (exact) mass is 246 g/mol. The molecule has 0 atom stereocenters. The van der Waals surface area contributed by atoms with E-state index in [4.69, 9.17) is 4.74 Å². The van der Waals surface area contributed by atoms with Crippen LogP contribution in [0.15, 0.2) is 18.2 Å². The molecular formula is C9H14N2O4S. The Morgan fingerprint density at radius 3 is 2.50 bits per heavy atom. The van der Waals surface area contributed by atoms with E-state index in [1.807, 2.05) is 0 Å². The van der Waals surface area contributed by atoms with Crippen LogP contribution < -0.4 is 9.46 Å². The minimum Gasteiger partial charge on any atom is -0.506 e. The van der Waals surface area contributed by atoms with E-state index in [1.54, 1.807) is 0 Å². The normalized spacial score (nSPS) is 11.5. The molecule has 0 aliphatic rings. The number of hydrogen-bond acceptors (Lipinski definition) is 4. The first-order chi connectivity index (χ1) is 7.36. The summed E-state index contributed by atoms with van der Waals surface area (Å²) in [4.78, 5) is 0. The van der Waals surface area contributed by atoms with Gasteiger partial charge in [-0.3, -0.25) is 4.72 Å². The van der Waals surface area contributed by atoms with Crippen LogP contribution in [0.25, 0.3) is 0 Å². The summed E-state index contributed by atoms with van der Waals surface area (Å²) < 4.78 is 31.2. The van der Waals surface area contributed by atoms with E-state index >= 15 is 0 Å². The van der Waals surface area contributed by atoms with Gasteiger partial charge < -0.3 is 9.84 Å². The molecule has 0 aliphatic heterocycles. The van der Waals surface area contributed by atoms with Crippen molar-refractivity contribution in [3.63, 3.8) is 0 Å². The van der Waals surface area contributed by atoms with Gasteiger partial charge in [-0.05, 0) is 12.1 Å². The highest BCUT2D eigenvalue weighted by Crippen LogP contribution is 2.28. The van der Waals surface area contributed by atoms with Crippen molar-refractivity contribution >= 4 is 15.9 Å². The van der Waals surface area contributed by atoms with E-state index in [0.29, 0.717) is 5.75 Å². The third kappa shape index (κ3) is 2.77. The maximum atomic E-state index is 11.5. The summed E-state index contributed by atoms with van der Waals surface area (Å²) >= 11 is 0. The smallest absolute Gasteiger partial charge is 0.301 e. The van der Waals surface area contributed by atoms with E-state index in [-0.39, 0.29) is 11.4 Å². The van der Waals surface area contributed by atoms with Crippen LogP contribution in [0.3, 0.4) is 0 Å². The number of benzene rings is 1. The van der Waals surface area contributed by atoms with Gasteiger partial charge in [-0.1, -0.05) is 0 Å². The lowest BCUT2D eigenvalue weighted by atomic mass is 10.3. The average Bonchev–Trinajstić information content (AvgIpc) is 2.21. The highest BCUT2D eigenvalue weighted by molar-refractivity contribution is 7.90. The Morgan fingerprint density at radius 2 is 2.00 bits per heavy atom. The van der Waals surface area contributed by atoms with Crippen LogP contribution in [0.4, 0.5) is 5.69 Å². The summed E-state index contributed by atoms with van der Waals surface area (Å²) in [6.45, 7) is 0. The van der Waals surface area contributed by atoms with E-state index in [1.165, 1.54) is 39.4 Å². The number of rotatable bonds is 4. The van der Waals surface area contributed by atoms with Gasteiger partial charge in [0.25, 0.3) is 0 Å². The van der Waals surface area contributed by atoms with Crippen LogP contribution in [-0.2, 0) is 10.2 Å². The number of phenols is 1. The summed E-state index contributed by atoms with van der Waals surface area (Å²) in [6, 6.07) is 4.28. The zero-order valence-corrected chi connectivity index (χ0v) is 10.1. The predicted molar refractivity (Wildman–Crippen MR) is 60.9 cm³/mol. The van der Waals surface area contributed by atoms with Crippen molar-refractivity contribution in [1.82, 2.24) is 4.31 Å². The van der Waals surface area contributed by atoms with Crippen molar-refractivity contribution in [3.8, 4) is 11.5 Å². The van der Waals surface area contributed by atoms with Crippen LogP contribution in [0.1, 0.15) is 0 Å². The molecule has 7 heteroatoms. The van der Waals surface area contributed by atoms with Crippen molar-refractivity contribution in [3.05, 3.63) is 18.2 Å². The minimum absolute atomic E-state index is 0.0769. The maximum Gasteiger partial charge on any atom is 0.301 e. The van der Waals surface area contributed by atoms with Gasteiger partial charge in [-0.25, -0.2) is 0 Å². The number of nitrogens with one attached hydrogen (secondary N) is 1. The molecule has 1 aromatic carbocycles. The Bertz CT molecular complexity index is 470. The number of methoxy groups -OCH3 is 1. The topological polar surface area (TPSA) is 78.9 Å². The number of anilines is 1. The molecule has 0 radical (unpaired) electrons. The molecule has 0 fully saturated rings. The lowest BCUT2D eigenvalue weighted by Gasteiger charge is -2.14. The van der Waals surface area contributed by atoms with E-state index < -0.39 is 10.2 Å². The van der Waals surface area contributed by atoms with Crippen molar-refractivity contribution in [1.29, 1.82) is 0 Å². The first-order valence-corrected chi connectivity index (χ1v) is 5.88. The van der Waals surface area contributed by atoms with Gasteiger partial charge in [0.05, 0.1) is 12.8 Å². The van der Waals surface area contributed by atoms with Gasteiger partial charge in [0.2, 0.25) is 0 Å². The van der Waals surface area contributed by atoms with Crippen molar-refractivity contribution in [2.24, 2.45) is 0 Å². The van der Waals surface area contributed by atoms with E-state index in [9.17, 15) is 13.5 Å². The summed E-state index contributed by atoms with van der Waals surface area (Å²) in [7, 11) is 0.601. The molecule has 0 saturated heterocycles. The second-order valence-electron chi connectivity index (χ2n) is 3.27. The lowest BCUT2D eigenvalue weighted by Crippen LogP contribution is -2.28. The Balaban J connectivity index is 3.06. The molecule has 0 aromatic heterocycles. The van der Waals surface area contributed by atoms with E-state index in [2.05, 4.69) is 4.72 Å². The molecule has 0 unspecified atom stereocenters. The molecule has 0 saturated carbocycles. The number of aromatic hydroxyl groups is 1. The zero-order valence-electron chi connectivity index (χ0n) is 9.26. The highest BCUT2D eigenvalue weighted by Gasteiger charge is 2.15.